The average Bonchev–Trinajstić information content (AvgIpc) is 2.53. The van der Waals surface area contributed by atoms with Gasteiger partial charge in [0.1, 0.15) is 6.61 Å². The summed E-state index contributed by atoms with van der Waals surface area (Å²) in [6.45, 7) is 1.87. The molecule has 0 radical (unpaired) electrons. The Morgan fingerprint density at radius 1 is 1.10 bits per heavy atom. The summed E-state index contributed by atoms with van der Waals surface area (Å²) < 4.78 is 16.0. The van der Waals surface area contributed by atoms with Crippen molar-refractivity contribution in [3.63, 3.8) is 0 Å². The summed E-state index contributed by atoms with van der Waals surface area (Å²) in [6.07, 6.45) is 1.69. The van der Waals surface area contributed by atoms with Crippen molar-refractivity contribution in [2.45, 2.75) is 13.5 Å². The largest absolute Gasteiger partial charge is 0.493 e. The van der Waals surface area contributed by atoms with Gasteiger partial charge >= 0.3 is 0 Å². The number of hydrogen-bond donors (Lipinski definition) is 0. The Hall–Kier alpha value is -2.56. The van der Waals surface area contributed by atoms with Gasteiger partial charge in [-0.15, -0.1) is 0 Å². The van der Waals surface area contributed by atoms with Crippen molar-refractivity contribution in [3.05, 3.63) is 47.7 Å². The molecule has 0 spiro atoms. The average molecular weight is 287 g/mol. The van der Waals surface area contributed by atoms with E-state index in [9.17, 15) is 4.79 Å². The van der Waals surface area contributed by atoms with Gasteiger partial charge in [0.25, 0.3) is 0 Å². The number of carbonyl (C=O) groups excluding carboxylic acids is 1. The minimum atomic E-state index is -0.0146. The van der Waals surface area contributed by atoms with E-state index < -0.39 is 0 Å². The van der Waals surface area contributed by atoms with Crippen molar-refractivity contribution in [1.29, 1.82) is 0 Å². The van der Waals surface area contributed by atoms with Crippen LogP contribution in [0.1, 0.15) is 22.8 Å². The van der Waals surface area contributed by atoms with Crippen LogP contribution < -0.4 is 14.2 Å². The molecule has 110 valence electrons. The Bertz CT molecular complexity index is 623. The number of pyridine rings is 1. The molecule has 0 N–H and O–H groups in total. The van der Waals surface area contributed by atoms with Gasteiger partial charge in [-0.25, -0.2) is 4.98 Å². The first-order chi connectivity index (χ1) is 10.1. The molecular weight excluding hydrogens is 270 g/mol. The zero-order valence-electron chi connectivity index (χ0n) is 12.3. The highest BCUT2D eigenvalue weighted by Gasteiger charge is 2.08. The number of rotatable bonds is 6. The lowest BCUT2D eigenvalue weighted by Crippen LogP contribution is -2.00. The minimum Gasteiger partial charge on any atom is -0.493 e. The lowest BCUT2D eigenvalue weighted by Gasteiger charge is -2.11. The van der Waals surface area contributed by atoms with Crippen molar-refractivity contribution in [3.8, 4) is 17.4 Å². The van der Waals surface area contributed by atoms with Crippen LogP contribution in [0, 0.1) is 0 Å². The topological polar surface area (TPSA) is 57.7 Å². The number of aromatic nitrogens is 1. The Morgan fingerprint density at radius 3 is 2.48 bits per heavy atom. The van der Waals surface area contributed by atoms with E-state index in [4.69, 9.17) is 14.2 Å². The van der Waals surface area contributed by atoms with E-state index in [1.807, 2.05) is 6.07 Å². The van der Waals surface area contributed by atoms with Crippen LogP contribution in [0.4, 0.5) is 0 Å². The number of ketones is 1. The third-order valence-corrected chi connectivity index (χ3v) is 2.97. The quantitative estimate of drug-likeness (QED) is 0.765. The summed E-state index contributed by atoms with van der Waals surface area (Å²) in [7, 11) is 3.11. The summed E-state index contributed by atoms with van der Waals surface area (Å²) in [5.74, 6) is 1.66. The van der Waals surface area contributed by atoms with Crippen molar-refractivity contribution in [2.75, 3.05) is 14.2 Å². The summed E-state index contributed by atoms with van der Waals surface area (Å²) >= 11 is 0. The molecule has 2 aromatic rings. The van der Waals surface area contributed by atoms with E-state index in [1.54, 1.807) is 44.7 Å². The van der Waals surface area contributed by atoms with E-state index in [2.05, 4.69) is 4.98 Å². The van der Waals surface area contributed by atoms with Gasteiger partial charge in [-0.3, -0.25) is 4.79 Å². The Kier molecular flexibility index (Phi) is 4.77. The zero-order valence-corrected chi connectivity index (χ0v) is 12.3. The van der Waals surface area contributed by atoms with E-state index >= 15 is 0 Å². The number of hydrogen-bond acceptors (Lipinski definition) is 5. The van der Waals surface area contributed by atoms with Crippen LogP contribution >= 0.6 is 0 Å². The third kappa shape index (κ3) is 3.72. The monoisotopic (exact) mass is 287 g/mol. The highest BCUT2D eigenvalue weighted by molar-refractivity contribution is 5.94. The van der Waals surface area contributed by atoms with Crippen LogP contribution in [0.2, 0.25) is 0 Å². The Balaban J connectivity index is 2.09. The van der Waals surface area contributed by atoms with Gasteiger partial charge in [-0.1, -0.05) is 0 Å². The number of carbonyl (C=O) groups is 1. The third-order valence-electron chi connectivity index (χ3n) is 2.97. The smallest absolute Gasteiger partial charge is 0.212 e. The molecule has 0 bridgehead atoms. The number of ether oxygens (including phenoxy) is 3. The normalized spacial score (nSPS) is 10.0. The van der Waals surface area contributed by atoms with Crippen molar-refractivity contribution in [2.24, 2.45) is 0 Å². The molecule has 0 saturated carbocycles. The molecule has 5 heteroatoms. The Labute approximate surface area is 123 Å². The molecule has 21 heavy (non-hydrogen) atoms. The molecule has 0 saturated heterocycles. The lowest BCUT2D eigenvalue weighted by atomic mass is 10.1. The maximum absolute atomic E-state index is 11.3. The van der Waals surface area contributed by atoms with Crippen LogP contribution in [0.3, 0.4) is 0 Å². The fraction of sp³-hybridized carbons (Fsp3) is 0.250. The first kappa shape index (κ1) is 14.8. The molecule has 1 aromatic carbocycles. The minimum absolute atomic E-state index is 0.0146. The van der Waals surface area contributed by atoms with E-state index in [0.717, 1.165) is 5.56 Å². The van der Waals surface area contributed by atoms with Crippen LogP contribution in [-0.4, -0.2) is 25.0 Å². The molecule has 5 nitrogen and oxygen atoms in total. The van der Waals surface area contributed by atoms with E-state index in [0.29, 0.717) is 29.5 Å². The maximum atomic E-state index is 11.3. The second kappa shape index (κ2) is 6.74. The van der Waals surface area contributed by atoms with Gasteiger partial charge in [0, 0.05) is 23.4 Å². The predicted octanol–water partition coefficient (Wildman–Crippen LogP) is 2.88. The van der Waals surface area contributed by atoms with Gasteiger partial charge in [0.2, 0.25) is 5.88 Å². The van der Waals surface area contributed by atoms with Gasteiger partial charge in [-0.2, -0.15) is 0 Å². The first-order valence-electron chi connectivity index (χ1n) is 6.44. The van der Waals surface area contributed by atoms with Crippen LogP contribution in [0.15, 0.2) is 36.5 Å². The number of Topliss-reactive ketones (excluding diaryl/α,β-unsaturated/α-hetero) is 1. The number of methoxy groups -OCH3 is 2. The van der Waals surface area contributed by atoms with E-state index in [-0.39, 0.29) is 5.78 Å². The molecule has 2 rings (SSSR count). The molecule has 0 amide bonds. The zero-order chi connectivity index (χ0) is 15.2. The fourth-order valence-electron chi connectivity index (χ4n) is 1.78. The van der Waals surface area contributed by atoms with Crippen LogP contribution in [0.25, 0.3) is 0 Å². The van der Waals surface area contributed by atoms with Crippen LogP contribution in [0.5, 0.6) is 17.4 Å². The molecule has 0 fully saturated rings. The first-order valence-corrected chi connectivity index (χ1v) is 6.44. The van der Waals surface area contributed by atoms with Gasteiger partial charge in [0.05, 0.1) is 14.2 Å². The molecule has 1 aromatic heterocycles. The highest BCUT2D eigenvalue weighted by Crippen LogP contribution is 2.29. The molecule has 0 aliphatic rings. The summed E-state index contributed by atoms with van der Waals surface area (Å²) in [4.78, 5) is 15.5. The van der Waals surface area contributed by atoms with Crippen molar-refractivity contribution >= 4 is 5.78 Å². The molecule has 0 unspecified atom stereocenters. The molecule has 0 aliphatic carbocycles. The van der Waals surface area contributed by atoms with Gasteiger partial charge in [-0.05, 0) is 31.2 Å². The second-order valence-electron chi connectivity index (χ2n) is 4.42. The summed E-state index contributed by atoms with van der Waals surface area (Å²) in [5, 5.41) is 0. The van der Waals surface area contributed by atoms with Crippen LogP contribution in [-0.2, 0) is 6.61 Å². The summed E-state index contributed by atoms with van der Waals surface area (Å²) in [5.41, 5.74) is 1.50. The fourth-order valence-corrected chi connectivity index (χ4v) is 1.78. The second-order valence-corrected chi connectivity index (χ2v) is 4.42. The highest BCUT2D eigenvalue weighted by atomic mass is 16.5. The molecular formula is C16H17NO4. The number of nitrogens with zero attached hydrogens (tertiary/aromatic N) is 1. The SMILES string of the molecule is COc1ccc(COc2ccc(C(C)=O)cc2OC)cn1. The van der Waals surface area contributed by atoms with Gasteiger partial charge < -0.3 is 14.2 Å². The predicted molar refractivity (Wildman–Crippen MR) is 78.1 cm³/mol. The standard InChI is InChI=1S/C16H17NO4/c1-11(18)13-5-6-14(15(8-13)19-2)21-10-12-4-7-16(20-3)17-9-12/h4-9H,10H2,1-3H3. The molecule has 0 aliphatic heterocycles. The van der Waals surface area contributed by atoms with Crippen molar-refractivity contribution < 1.29 is 19.0 Å². The maximum Gasteiger partial charge on any atom is 0.212 e. The summed E-state index contributed by atoms with van der Waals surface area (Å²) in [6, 6.07) is 8.76. The molecule has 1 heterocycles. The Morgan fingerprint density at radius 2 is 1.90 bits per heavy atom. The van der Waals surface area contributed by atoms with E-state index in [1.165, 1.54) is 6.92 Å². The molecule has 0 atom stereocenters. The number of benzene rings is 1. The van der Waals surface area contributed by atoms with Gasteiger partial charge in [0.15, 0.2) is 17.3 Å². The lowest BCUT2D eigenvalue weighted by molar-refractivity contribution is 0.101. The van der Waals surface area contributed by atoms with Crippen molar-refractivity contribution in [1.82, 2.24) is 4.98 Å².